The Morgan fingerprint density at radius 3 is 2.00 bits per heavy atom. The number of carbonyl (C=O) groups is 4. The van der Waals surface area contributed by atoms with Crippen molar-refractivity contribution in [3.8, 4) is 0 Å². The minimum atomic E-state index is -2.91. The molecule has 24 heavy (non-hydrogen) atoms. The average Bonchev–Trinajstić information content (AvgIpc) is 2.50. The van der Waals surface area contributed by atoms with Crippen LogP contribution in [0.5, 0.6) is 0 Å². The fourth-order valence-corrected chi connectivity index (χ4v) is 2.39. The van der Waals surface area contributed by atoms with Gasteiger partial charge >= 0.3 is 23.9 Å². The monoisotopic (exact) mass is 339 g/mol. The number of anilines is 1. The van der Waals surface area contributed by atoms with Crippen LogP contribution in [0.3, 0.4) is 0 Å². The van der Waals surface area contributed by atoms with Crippen LogP contribution in [-0.4, -0.2) is 49.8 Å². The van der Waals surface area contributed by atoms with Gasteiger partial charge < -0.3 is 25.7 Å². The van der Waals surface area contributed by atoms with Crippen molar-refractivity contribution in [2.75, 3.05) is 5.32 Å². The number of hydrogen-bond acceptors (Lipinski definition) is 5. The van der Waals surface area contributed by atoms with Gasteiger partial charge in [-0.2, -0.15) is 0 Å². The van der Waals surface area contributed by atoms with Crippen molar-refractivity contribution in [2.24, 2.45) is 5.92 Å². The molecule has 0 heterocycles. The molecule has 1 aromatic rings. The number of rotatable bonds is 9. The number of aromatic carboxylic acids is 1. The molecule has 0 aliphatic rings. The number of aliphatic carboxylic acids is 3. The normalized spacial score (nSPS) is 12.2. The lowest BCUT2D eigenvalue weighted by molar-refractivity contribution is -0.165. The van der Waals surface area contributed by atoms with Gasteiger partial charge in [-0.1, -0.05) is 25.5 Å². The summed E-state index contributed by atoms with van der Waals surface area (Å²) >= 11 is 0. The summed E-state index contributed by atoms with van der Waals surface area (Å²) in [5, 5.41) is 39.6. The van der Waals surface area contributed by atoms with Crippen molar-refractivity contribution >= 4 is 29.6 Å². The van der Waals surface area contributed by atoms with Crippen LogP contribution in [-0.2, 0) is 14.4 Å². The maximum Gasteiger partial charge on any atom is 0.342 e. The molecule has 0 saturated heterocycles. The van der Waals surface area contributed by atoms with Crippen LogP contribution in [0.1, 0.15) is 30.1 Å². The molecule has 0 bridgehead atoms. The highest BCUT2D eigenvalue weighted by Gasteiger charge is 2.56. The molecule has 0 aromatic heterocycles. The SMILES string of the molecule is CCCC(C(=O)O)C(Nc1ccccc1C(=O)O)(C(=O)O)C(=O)O. The van der Waals surface area contributed by atoms with Gasteiger partial charge in [0.2, 0.25) is 5.54 Å². The first kappa shape index (κ1) is 18.9. The van der Waals surface area contributed by atoms with Gasteiger partial charge in [0.15, 0.2) is 0 Å². The first-order valence-electron chi connectivity index (χ1n) is 6.98. The van der Waals surface area contributed by atoms with E-state index in [4.69, 9.17) is 5.11 Å². The Balaban J connectivity index is 3.56. The lowest BCUT2D eigenvalue weighted by Crippen LogP contribution is -2.61. The Labute approximate surface area is 136 Å². The minimum Gasteiger partial charge on any atom is -0.481 e. The Kier molecular flexibility index (Phi) is 5.88. The second kappa shape index (κ2) is 7.44. The standard InChI is InChI=1S/C15H17NO8/c1-2-5-9(12(19)20)15(13(21)22,14(23)24)16-10-7-4-3-6-8(10)11(17)18/h3-4,6-7,9,16H,2,5H2,1H3,(H,17,18)(H,19,20)(H,21,22)(H,23,24). The summed E-state index contributed by atoms with van der Waals surface area (Å²) < 4.78 is 0. The molecule has 1 unspecified atom stereocenters. The van der Waals surface area contributed by atoms with Crippen LogP contribution in [0.25, 0.3) is 0 Å². The van der Waals surface area contributed by atoms with Gasteiger partial charge in [0.25, 0.3) is 0 Å². The molecular weight excluding hydrogens is 322 g/mol. The largest absolute Gasteiger partial charge is 0.481 e. The molecule has 9 heteroatoms. The molecule has 0 radical (unpaired) electrons. The third-order valence-electron chi connectivity index (χ3n) is 3.56. The zero-order valence-electron chi connectivity index (χ0n) is 12.7. The van der Waals surface area contributed by atoms with Gasteiger partial charge in [0.1, 0.15) is 5.92 Å². The summed E-state index contributed by atoms with van der Waals surface area (Å²) in [4.78, 5) is 46.1. The molecule has 0 aliphatic heterocycles. The van der Waals surface area contributed by atoms with Crippen molar-refractivity contribution in [3.63, 3.8) is 0 Å². The molecule has 5 N–H and O–H groups in total. The maximum absolute atomic E-state index is 11.7. The molecular formula is C15H17NO8. The Bertz CT molecular complexity index is 655. The smallest absolute Gasteiger partial charge is 0.342 e. The van der Waals surface area contributed by atoms with Crippen molar-refractivity contribution in [1.82, 2.24) is 0 Å². The summed E-state index contributed by atoms with van der Waals surface area (Å²) in [6.07, 6.45) is -0.00228. The van der Waals surface area contributed by atoms with Crippen LogP contribution in [0, 0.1) is 5.92 Å². The predicted molar refractivity (Wildman–Crippen MR) is 81.1 cm³/mol. The van der Waals surface area contributed by atoms with E-state index in [1.165, 1.54) is 18.2 Å². The predicted octanol–water partition coefficient (Wildman–Crippen LogP) is 1.21. The van der Waals surface area contributed by atoms with Crippen LogP contribution >= 0.6 is 0 Å². The number of para-hydroxylation sites is 1. The Morgan fingerprint density at radius 2 is 1.58 bits per heavy atom. The highest BCUT2D eigenvalue weighted by atomic mass is 16.4. The second-order valence-electron chi connectivity index (χ2n) is 5.07. The zero-order valence-corrected chi connectivity index (χ0v) is 12.7. The molecule has 0 fully saturated rings. The number of carboxylic acid groups (broad SMARTS) is 4. The van der Waals surface area contributed by atoms with E-state index in [2.05, 4.69) is 5.32 Å². The van der Waals surface area contributed by atoms with Crippen molar-refractivity contribution in [3.05, 3.63) is 29.8 Å². The average molecular weight is 339 g/mol. The van der Waals surface area contributed by atoms with Crippen LogP contribution < -0.4 is 5.32 Å². The minimum absolute atomic E-state index is 0.224. The van der Waals surface area contributed by atoms with Crippen molar-refractivity contribution in [2.45, 2.75) is 25.3 Å². The van der Waals surface area contributed by atoms with Gasteiger partial charge in [0.05, 0.1) is 11.3 Å². The molecule has 0 saturated carbocycles. The van der Waals surface area contributed by atoms with Crippen LogP contribution in [0.15, 0.2) is 24.3 Å². The topological polar surface area (TPSA) is 161 Å². The molecule has 0 spiro atoms. The first-order chi connectivity index (χ1) is 11.2. The van der Waals surface area contributed by atoms with E-state index >= 15 is 0 Å². The van der Waals surface area contributed by atoms with E-state index in [-0.39, 0.29) is 24.1 Å². The second-order valence-corrected chi connectivity index (χ2v) is 5.07. The summed E-state index contributed by atoms with van der Waals surface area (Å²) in [6.45, 7) is 1.58. The fraction of sp³-hybridized carbons (Fsp3) is 0.333. The lowest BCUT2D eigenvalue weighted by atomic mass is 9.80. The van der Waals surface area contributed by atoms with E-state index in [0.717, 1.165) is 6.07 Å². The fourth-order valence-electron chi connectivity index (χ4n) is 2.39. The lowest BCUT2D eigenvalue weighted by Gasteiger charge is -2.32. The van der Waals surface area contributed by atoms with Gasteiger partial charge in [-0.3, -0.25) is 4.79 Å². The summed E-state index contributed by atoms with van der Waals surface area (Å²) in [5.74, 6) is -8.67. The summed E-state index contributed by atoms with van der Waals surface area (Å²) in [6, 6.07) is 5.07. The Hall–Kier alpha value is -3.10. The molecule has 9 nitrogen and oxygen atoms in total. The van der Waals surface area contributed by atoms with Gasteiger partial charge in [-0.15, -0.1) is 0 Å². The van der Waals surface area contributed by atoms with Crippen LogP contribution in [0.4, 0.5) is 5.69 Å². The highest BCUT2D eigenvalue weighted by molar-refractivity contribution is 6.10. The number of benzene rings is 1. The number of carboxylic acids is 4. The van der Waals surface area contributed by atoms with Gasteiger partial charge in [-0.05, 0) is 18.6 Å². The van der Waals surface area contributed by atoms with E-state index in [1.54, 1.807) is 6.92 Å². The van der Waals surface area contributed by atoms with Crippen LogP contribution in [0.2, 0.25) is 0 Å². The van der Waals surface area contributed by atoms with E-state index < -0.39 is 35.3 Å². The quantitative estimate of drug-likeness (QED) is 0.416. The van der Waals surface area contributed by atoms with Gasteiger partial charge in [0, 0.05) is 0 Å². The third-order valence-corrected chi connectivity index (χ3v) is 3.56. The maximum atomic E-state index is 11.7. The number of nitrogens with one attached hydrogen (secondary N) is 1. The summed E-state index contributed by atoms with van der Waals surface area (Å²) in [7, 11) is 0. The molecule has 130 valence electrons. The molecule has 1 rings (SSSR count). The van der Waals surface area contributed by atoms with E-state index in [1.807, 2.05) is 0 Å². The third kappa shape index (κ3) is 3.45. The summed E-state index contributed by atoms with van der Waals surface area (Å²) in [5.41, 5.74) is -3.57. The van der Waals surface area contributed by atoms with Gasteiger partial charge in [-0.25, -0.2) is 14.4 Å². The molecule has 1 aromatic carbocycles. The Morgan fingerprint density at radius 1 is 1.04 bits per heavy atom. The molecule has 0 amide bonds. The molecule has 0 aliphatic carbocycles. The zero-order chi connectivity index (χ0) is 18.5. The highest BCUT2D eigenvalue weighted by Crippen LogP contribution is 2.30. The van der Waals surface area contributed by atoms with Crippen molar-refractivity contribution in [1.29, 1.82) is 0 Å². The van der Waals surface area contributed by atoms with E-state index in [9.17, 15) is 34.5 Å². The van der Waals surface area contributed by atoms with E-state index in [0.29, 0.717) is 0 Å². The van der Waals surface area contributed by atoms with Crippen molar-refractivity contribution < 1.29 is 39.6 Å². The number of hydrogen-bond donors (Lipinski definition) is 5. The first-order valence-corrected chi connectivity index (χ1v) is 6.98. The molecule has 1 atom stereocenters.